The van der Waals surface area contributed by atoms with Gasteiger partial charge in [0.2, 0.25) is 0 Å². The zero-order chi connectivity index (χ0) is 22.0. The number of hydrogen-bond donors (Lipinski definition) is 0. The third kappa shape index (κ3) is 5.12. The van der Waals surface area contributed by atoms with Crippen LogP contribution in [0.2, 0.25) is 0 Å². The summed E-state index contributed by atoms with van der Waals surface area (Å²) in [6.45, 7) is 6.11. The van der Waals surface area contributed by atoms with E-state index < -0.39 is 0 Å². The van der Waals surface area contributed by atoms with Crippen LogP contribution in [0.25, 0.3) is 0 Å². The van der Waals surface area contributed by atoms with Gasteiger partial charge in [0.15, 0.2) is 0 Å². The highest BCUT2D eigenvalue weighted by Gasteiger charge is 2.56. The molecule has 0 unspecified atom stereocenters. The maximum atomic E-state index is 5.90. The van der Waals surface area contributed by atoms with Crippen LogP contribution in [0.3, 0.4) is 0 Å². The van der Waals surface area contributed by atoms with Crippen molar-refractivity contribution in [3.63, 3.8) is 0 Å². The highest BCUT2D eigenvalue weighted by atomic mass is 16.5. The second kappa shape index (κ2) is 10.3. The van der Waals surface area contributed by atoms with Crippen LogP contribution >= 0.6 is 0 Å². The standard InChI is InChI=1S/C30H52O2/c1-3-31-27-9-5-23(6-10-27)25-13-17-29(18-14-25)21-30(22-29)19-15-26(16-20-30)24-7-11-28(12-8-24)32-4-2/h23-28H,3-22H2,1-2H3/t23-,24-,25?,26?,27-,28-,29?,30?. The first kappa shape index (κ1) is 23.7. The van der Waals surface area contributed by atoms with Gasteiger partial charge in [-0.1, -0.05) is 0 Å². The molecule has 0 heterocycles. The third-order valence-corrected chi connectivity index (χ3v) is 11.3. The van der Waals surface area contributed by atoms with Crippen molar-refractivity contribution in [1.82, 2.24) is 0 Å². The Kier molecular flexibility index (Phi) is 7.59. The lowest BCUT2D eigenvalue weighted by Gasteiger charge is -2.62. The lowest BCUT2D eigenvalue weighted by atomic mass is 9.43. The minimum Gasteiger partial charge on any atom is -0.379 e. The van der Waals surface area contributed by atoms with Crippen LogP contribution in [0.4, 0.5) is 0 Å². The predicted molar refractivity (Wildman–Crippen MR) is 133 cm³/mol. The summed E-state index contributed by atoms with van der Waals surface area (Å²) in [4.78, 5) is 0. The molecule has 0 saturated heterocycles. The fourth-order valence-electron chi connectivity index (χ4n) is 9.62. The van der Waals surface area contributed by atoms with Crippen molar-refractivity contribution in [3.8, 4) is 0 Å². The van der Waals surface area contributed by atoms with Gasteiger partial charge in [-0.3, -0.25) is 0 Å². The second-order valence-corrected chi connectivity index (χ2v) is 13.0. The molecule has 2 nitrogen and oxygen atoms in total. The Balaban J connectivity index is 1.02. The van der Waals surface area contributed by atoms with E-state index in [2.05, 4.69) is 13.8 Å². The van der Waals surface area contributed by atoms with Gasteiger partial charge in [0, 0.05) is 13.2 Å². The molecule has 0 aromatic carbocycles. The molecule has 2 spiro atoms. The molecule has 184 valence electrons. The zero-order valence-corrected chi connectivity index (χ0v) is 21.4. The fraction of sp³-hybridized carbons (Fsp3) is 1.00. The van der Waals surface area contributed by atoms with Gasteiger partial charge in [-0.05, 0) is 164 Å². The summed E-state index contributed by atoms with van der Waals surface area (Å²) >= 11 is 0. The molecule has 5 aliphatic carbocycles. The lowest BCUT2D eigenvalue weighted by Crippen LogP contribution is -2.50. The Labute approximate surface area is 199 Å². The Morgan fingerprint density at radius 2 is 0.781 bits per heavy atom. The summed E-state index contributed by atoms with van der Waals surface area (Å²) < 4.78 is 11.8. The minimum atomic E-state index is 0.576. The van der Waals surface area contributed by atoms with E-state index in [9.17, 15) is 0 Å². The fourth-order valence-corrected chi connectivity index (χ4v) is 9.62. The van der Waals surface area contributed by atoms with Crippen LogP contribution in [0.5, 0.6) is 0 Å². The number of hydrogen-bond acceptors (Lipinski definition) is 2. The quantitative estimate of drug-likeness (QED) is 0.410. The van der Waals surface area contributed by atoms with E-state index >= 15 is 0 Å². The van der Waals surface area contributed by atoms with Crippen molar-refractivity contribution in [2.75, 3.05) is 13.2 Å². The summed E-state index contributed by atoms with van der Waals surface area (Å²) in [7, 11) is 0. The summed E-state index contributed by atoms with van der Waals surface area (Å²) in [5.74, 6) is 4.13. The van der Waals surface area contributed by atoms with Gasteiger partial charge in [-0.2, -0.15) is 0 Å². The number of ether oxygens (including phenoxy) is 2. The molecular weight excluding hydrogens is 392 g/mol. The topological polar surface area (TPSA) is 18.5 Å². The smallest absolute Gasteiger partial charge is 0.0575 e. The van der Waals surface area contributed by atoms with Crippen LogP contribution in [0.1, 0.15) is 129 Å². The van der Waals surface area contributed by atoms with Crippen molar-refractivity contribution >= 4 is 0 Å². The van der Waals surface area contributed by atoms with E-state index in [-0.39, 0.29) is 0 Å². The largest absolute Gasteiger partial charge is 0.379 e. The lowest BCUT2D eigenvalue weighted by molar-refractivity contribution is -0.111. The van der Waals surface area contributed by atoms with E-state index in [1.54, 1.807) is 64.2 Å². The number of rotatable bonds is 6. The van der Waals surface area contributed by atoms with Crippen LogP contribution in [0.15, 0.2) is 0 Å². The van der Waals surface area contributed by atoms with Gasteiger partial charge in [0.05, 0.1) is 12.2 Å². The SMILES string of the molecule is CCO[C@H]1CC[C@H](C2CCC3(CC2)CC2(CCC([C@H]4CC[C@H](OCC)CC4)CC2)C3)CC1. The van der Waals surface area contributed by atoms with E-state index in [1.807, 2.05) is 0 Å². The minimum absolute atomic E-state index is 0.576. The molecule has 0 aromatic rings. The van der Waals surface area contributed by atoms with Gasteiger partial charge < -0.3 is 9.47 Å². The molecule has 5 fully saturated rings. The maximum absolute atomic E-state index is 5.90. The van der Waals surface area contributed by atoms with E-state index in [0.29, 0.717) is 12.2 Å². The molecule has 32 heavy (non-hydrogen) atoms. The molecule has 0 radical (unpaired) electrons. The molecule has 0 atom stereocenters. The first-order chi connectivity index (χ1) is 15.6. The highest BCUT2D eigenvalue weighted by Crippen LogP contribution is 2.67. The molecule has 0 amide bonds. The summed E-state index contributed by atoms with van der Waals surface area (Å²) in [6.07, 6.45) is 27.9. The molecule has 0 N–H and O–H groups in total. The molecule has 5 aliphatic rings. The van der Waals surface area contributed by atoms with E-state index in [0.717, 1.165) is 47.7 Å². The molecule has 5 saturated carbocycles. The predicted octanol–water partition coefficient (Wildman–Crippen LogP) is 8.32. The zero-order valence-electron chi connectivity index (χ0n) is 21.4. The van der Waals surface area contributed by atoms with Gasteiger partial charge >= 0.3 is 0 Å². The molecule has 5 rings (SSSR count). The summed E-state index contributed by atoms with van der Waals surface area (Å²) in [6, 6.07) is 0. The second-order valence-electron chi connectivity index (χ2n) is 13.0. The molecule has 0 bridgehead atoms. The molecule has 0 aliphatic heterocycles. The normalized spacial score (nSPS) is 47.4. The maximum Gasteiger partial charge on any atom is 0.0575 e. The third-order valence-electron chi connectivity index (χ3n) is 11.3. The van der Waals surface area contributed by atoms with Crippen LogP contribution in [0, 0.1) is 34.5 Å². The highest BCUT2D eigenvalue weighted by molar-refractivity contribution is 5.07. The van der Waals surface area contributed by atoms with Crippen molar-refractivity contribution < 1.29 is 9.47 Å². The average Bonchev–Trinajstić information content (AvgIpc) is 2.81. The average molecular weight is 445 g/mol. The van der Waals surface area contributed by atoms with E-state index in [4.69, 9.17) is 9.47 Å². The Morgan fingerprint density at radius 3 is 1.09 bits per heavy atom. The first-order valence-corrected chi connectivity index (χ1v) is 14.9. The Bertz CT molecular complexity index is 508. The Morgan fingerprint density at radius 1 is 0.469 bits per heavy atom. The van der Waals surface area contributed by atoms with Crippen molar-refractivity contribution in [3.05, 3.63) is 0 Å². The van der Waals surface area contributed by atoms with Crippen molar-refractivity contribution in [2.45, 2.75) is 142 Å². The molecular formula is C30H52O2. The van der Waals surface area contributed by atoms with Crippen LogP contribution in [-0.4, -0.2) is 25.4 Å². The summed E-state index contributed by atoms with van der Waals surface area (Å²) in [5.41, 5.74) is 1.56. The molecule has 0 aromatic heterocycles. The van der Waals surface area contributed by atoms with Gasteiger partial charge in [-0.15, -0.1) is 0 Å². The van der Waals surface area contributed by atoms with Gasteiger partial charge in [0.25, 0.3) is 0 Å². The van der Waals surface area contributed by atoms with Gasteiger partial charge in [0.1, 0.15) is 0 Å². The Hall–Kier alpha value is -0.0800. The van der Waals surface area contributed by atoms with Crippen LogP contribution in [-0.2, 0) is 9.47 Å². The monoisotopic (exact) mass is 444 g/mol. The van der Waals surface area contributed by atoms with Crippen molar-refractivity contribution in [2.24, 2.45) is 34.5 Å². The van der Waals surface area contributed by atoms with Crippen LogP contribution < -0.4 is 0 Å². The first-order valence-electron chi connectivity index (χ1n) is 14.9. The van der Waals surface area contributed by atoms with Crippen molar-refractivity contribution in [1.29, 1.82) is 0 Å². The summed E-state index contributed by atoms with van der Waals surface area (Å²) in [5, 5.41) is 0. The van der Waals surface area contributed by atoms with Gasteiger partial charge in [-0.25, -0.2) is 0 Å². The van der Waals surface area contributed by atoms with E-state index in [1.165, 1.54) is 51.4 Å². The molecule has 2 heteroatoms.